The number of rotatable bonds is 3. The molecule has 0 aromatic heterocycles. The van der Waals surface area contributed by atoms with Crippen molar-refractivity contribution in [3.05, 3.63) is 35.4 Å². The quantitative estimate of drug-likeness (QED) is 0.791. The summed E-state index contributed by atoms with van der Waals surface area (Å²) in [6.07, 6.45) is 1.06. The van der Waals surface area contributed by atoms with Crippen molar-refractivity contribution in [3.8, 4) is 0 Å². The molecule has 1 aromatic carbocycles. The fourth-order valence-electron chi connectivity index (χ4n) is 1.75. The molecule has 2 N–H and O–H groups in total. The maximum atomic E-state index is 13.2. The van der Waals surface area contributed by atoms with E-state index in [0.717, 1.165) is 25.6 Å². The van der Waals surface area contributed by atoms with Gasteiger partial charge in [-0.15, -0.1) is 0 Å². The number of hydrogen-bond donors (Lipinski definition) is 2. The third-order valence-corrected chi connectivity index (χ3v) is 2.66. The van der Waals surface area contributed by atoms with Gasteiger partial charge in [0.2, 0.25) is 0 Å². The number of benzene rings is 1. The molecular formula is C11H14F2N2. The van der Waals surface area contributed by atoms with Crippen molar-refractivity contribution in [2.75, 3.05) is 13.1 Å². The van der Waals surface area contributed by atoms with E-state index in [4.69, 9.17) is 0 Å². The summed E-state index contributed by atoms with van der Waals surface area (Å²) in [7, 11) is 0. The van der Waals surface area contributed by atoms with Gasteiger partial charge in [-0.3, -0.25) is 0 Å². The maximum Gasteiger partial charge on any atom is 0.130 e. The Morgan fingerprint density at radius 2 is 2.27 bits per heavy atom. The van der Waals surface area contributed by atoms with Crippen LogP contribution in [0, 0.1) is 11.6 Å². The van der Waals surface area contributed by atoms with Crippen molar-refractivity contribution in [1.29, 1.82) is 0 Å². The van der Waals surface area contributed by atoms with Crippen molar-refractivity contribution in [3.63, 3.8) is 0 Å². The van der Waals surface area contributed by atoms with E-state index in [-0.39, 0.29) is 0 Å². The highest BCUT2D eigenvalue weighted by atomic mass is 19.1. The van der Waals surface area contributed by atoms with E-state index in [0.29, 0.717) is 18.2 Å². The molecule has 82 valence electrons. The summed E-state index contributed by atoms with van der Waals surface area (Å²) in [5.41, 5.74) is 0.517. The molecular weight excluding hydrogens is 198 g/mol. The lowest BCUT2D eigenvalue weighted by atomic mass is 10.2. The van der Waals surface area contributed by atoms with Gasteiger partial charge in [0.15, 0.2) is 0 Å². The van der Waals surface area contributed by atoms with Crippen molar-refractivity contribution < 1.29 is 8.78 Å². The van der Waals surface area contributed by atoms with Gasteiger partial charge in [0.05, 0.1) is 0 Å². The molecule has 1 atom stereocenters. The van der Waals surface area contributed by atoms with Crippen LogP contribution < -0.4 is 10.6 Å². The standard InChI is InChI=1S/C11H14F2N2/c12-9-2-1-8(11(13)5-9)6-15-10-3-4-14-7-10/h1-2,5,10,14-15H,3-4,6-7H2. The zero-order valence-electron chi connectivity index (χ0n) is 8.39. The van der Waals surface area contributed by atoms with E-state index in [1.807, 2.05) is 0 Å². The van der Waals surface area contributed by atoms with Crippen LogP contribution in [0.4, 0.5) is 8.78 Å². The monoisotopic (exact) mass is 212 g/mol. The van der Waals surface area contributed by atoms with E-state index >= 15 is 0 Å². The first kappa shape index (κ1) is 10.5. The zero-order valence-corrected chi connectivity index (χ0v) is 8.39. The van der Waals surface area contributed by atoms with Gasteiger partial charge in [-0.2, -0.15) is 0 Å². The van der Waals surface area contributed by atoms with E-state index in [2.05, 4.69) is 10.6 Å². The molecule has 15 heavy (non-hydrogen) atoms. The molecule has 1 aliphatic rings. The van der Waals surface area contributed by atoms with E-state index < -0.39 is 11.6 Å². The second-order valence-electron chi connectivity index (χ2n) is 3.81. The van der Waals surface area contributed by atoms with Crippen LogP contribution in [0.25, 0.3) is 0 Å². The Kier molecular flexibility index (Phi) is 3.28. The molecule has 1 heterocycles. The van der Waals surface area contributed by atoms with Crippen LogP contribution in [0.1, 0.15) is 12.0 Å². The summed E-state index contributed by atoms with van der Waals surface area (Å²) in [5.74, 6) is -1.01. The van der Waals surface area contributed by atoms with Crippen LogP contribution in [0.5, 0.6) is 0 Å². The summed E-state index contributed by atoms with van der Waals surface area (Å²) >= 11 is 0. The zero-order chi connectivity index (χ0) is 10.7. The highest BCUT2D eigenvalue weighted by Crippen LogP contribution is 2.10. The number of halogens is 2. The summed E-state index contributed by atoms with van der Waals surface area (Å²) < 4.78 is 25.8. The minimum atomic E-state index is -0.529. The molecule has 2 rings (SSSR count). The minimum absolute atomic E-state index is 0.398. The third-order valence-electron chi connectivity index (χ3n) is 2.66. The summed E-state index contributed by atoms with van der Waals surface area (Å²) in [6, 6.07) is 4.09. The van der Waals surface area contributed by atoms with Gasteiger partial charge < -0.3 is 10.6 Å². The second-order valence-corrected chi connectivity index (χ2v) is 3.81. The Morgan fingerprint density at radius 3 is 2.93 bits per heavy atom. The fourth-order valence-corrected chi connectivity index (χ4v) is 1.75. The van der Waals surface area contributed by atoms with Crippen LogP contribution in [0.2, 0.25) is 0 Å². The fraction of sp³-hybridized carbons (Fsp3) is 0.455. The SMILES string of the molecule is Fc1ccc(CNC2CCNC2)c(F)c1. The first-order valence-corrected chi connectivity index (χ1v) is 5.14. The molecule has 1 saturated heterocycles. The van der Waals surface area contributed by atoms with Crippen molar-refractivity contribution in [1.82, 2.24) is 10.6 Å². The average molecular weight is 212 g/mol. The first-order valence-electron chi connectivity index (χ1n) is 5.14. The molecule has 1 unspecified atom stereocenters. The normalized spacial score (nSPS) is 20.8. The van der Waals surface area contributed by atoms with Crippen molar-refractivity contribution in [2.24, 2.45) is 0 Å². The highest BCUT2D eigenvalue weighted by Gasteiger charge is 2.14. The van der Waals surface area contributed by atoms with Crippen molar-refractivity contribution >= 4 is 0 Å². The van der Waals surface area contributed by atoms with Gasteiger partial charge in [-0.1, -0.05) is 6.07 Å². The molecule has 0 spiro atoms. The molecule has 1 aliphatic heterocycles. The molecule has 0 radical (unpaired) electrons. The van der Waals surface area contributed by atoms with Crippen LogP contribution in [0.15, 0.2) is 18.2 Å². The van der Waals surface area contributed by atoms with Crippen molar-refractivity contribution in [2.45, 2.75) is 19.0 Å². The average Bonchev–Trinajstić information content (AvgIpc) is 2.69. The summed E-state index contributed by atoms with van der Waals surface area (Å²) in [5, 5.41) is 6.45. The summed E-state index contributed by atoms with van der Waals surface area (Å²) in [4.78, 5) is 0. The molecule has 0 bridgehead atoms. The molecule has 4 heteroatoms. The highest BCUT2D eigenvalue weighted by molar-refractivity contribution is 5.18. The number of hydrogen-bond acceptors (Lipinski definition) is 2. The van der Waals surface area contributed by atoms with Crippen LogP contribution in [0.3, 0.4) is 0 Å². The van der Waals surface area contributed by atoms with Gasteiger partial charge >= 0.3 is 0 Å². The van der Waals surface area contributed by atoms with Crippen LogP contribution >= 0.6 is 0 Å². The Labute approximate surface area is 87.7 Å². The molecule has 1 aromatic rings. The Hall–Kier alpha value is -1.00. The van der Waals surface area contributed by atoms with Crippen LogP contribution in [-0.2, 0) is 6.54 Å². The van der Waals surface area contributed by atoms with Gasteiger partial charge in [-0.05, 0) is 19.0 Å². The maximum absolute atomic E-state index is 13.2. The predicted octanol–water partition coefficient (Wildman–Crippen LogP) is 1.42. The third kappa shape index (κ3) is 2.73. The topological polar surface area (TPSA) is 24.1 Å². The summed E-state index contributed by atoms with van der Waals surface area (Å²) in [6.45, 7) is 2.38. The lowest BCUT2D eigenvalue weighted by Crippen LogP contribution is -2.30. The molecule has 1 fully saturated rings. The molecule has 2 nitrogen and oxygen atoms in total. The Balaban J connectivity index is 1.92. The van der Waals surface area contributed by atoms with Gasteiger partial charge in [0.1, 0.15) is 11.6 Å². The molecule has 0 saturated carbocycles. The molecule has 0 aliphatic carbocycles. The molecule has 0 amide bonds. The lowest BCUT2D eigenvalue weighted by molar-refractivity contribution is 0.520. The first-order chi connectivity index (χ1) is 7.25. The van der Waals surface area contributed by atoms with E-state index in [1.165, 1.54) is 12.1 Å². The van der Waals surface area contributed by atoms with Crippen LogP contribution in [-0.4, -0.2) is 19.1 Å². The van der Waals surface area contributed by atoms with E-state index in [1.54, 1.807) is 0 Å². The smallest absolute Gasteiger partial charge is 0.130 e. The van der Waals surface area contributed by atoms with Gasteiger partial charge in [-0.25, -0.2) is 8.78 Å². The van der Waals surface area contributed by atoms with E-state index in [9.17, 15) is 8.78 Å². The van der Waals surface area contributed by atoms with Gasteiger partial charge in [0.25, 0.3) is 0 Å². The Morgan fingerprint density at radius 1 is 1.40 bits per heavy atom. The predicted molar refractivity (Wildman–Crippen MR) is 54.5 cm³/mol. The largest absolute Gasteiger partial charge is 0.315 e. The minimum Gasteiger partial charge on any atom is -0.315 e. The second kappa shape index (κ2) is 4.68. The van der Waals surface area contributed by atoms with Gasteiger partial charge in [0, 0.05) is 30.8 Å². The Bertz CT molecular complexity index is 335. The number of nitrogens with one attached hydrogen (secondary N) is 2. The lowest BCUT2D eigenvalue weighted by Gasteiger charge is -2.11.